The summed E-state index contributed by atoms with van der Waals surface area (Å²) in [5.74, 6) is 0.361. The number of benzene rings is 1. The number of thiazole rings is 1. The highest BCUT2D eigenvalue weighted by molar-refractivity contribution is 7.99. The molecular formula is C18H19N5OS2. The van der Waals surface area contributed by atoms with Crippen molar-refractivity contribution < 1.29 is 4.79 Å². The van der Waals surface area contributed by atoms with Gasteiger partial charge in [-0.1, -0.05) is 35.2 Å². The molecule has 134 valence electrons. The highest BCUT2D eigenvalue weighted by atomic mass is 32.2. The van der Waals surface area contributed by atoms with E-state index in [1.54, 1.807) is 29.8 Å². The van der Waals surface area contributed by atoms with Crippen molar-refractivity contribution in [2.45, 2.75) is 24.0 Å². The molecule has 0 unspecified atom stereocenters. The van der Waals surface area contributed by atoms with Crippen LogP contribution in [0, 0.1) is 0 Å². The molecule has 4 rings (SSSR count). The molecule has 1 aliphatic rings. The van der Waals surface area contributed by atoms with Crippen LogP contribution in [0.1, 0.15) is 12.8 Å². The minimum atomic E-state index is 0.0265. The summed E-state index contributed by atoms with van der Waals surface area (Å²) in [5, 5.41) is 4.81. The minimum absolute atomic E-state index is 0.0265. The van der Waals surface area contributed by atoms with E-state index in [0.717, 1.165) is 36.6 Å². The van der Waals surface area contributed by atoms with Crippen LogP contribution >= 0.6 is 23.1 Å². The predicted molar refractivity (Wildman–Crippen MR) is 106 cm³/mol. The lowest BCUT2D eigenvalue weighted by molar-refractivity contribution is -0.119. The number of rotatable bonds is 5. The molecule has 1 aliphatic heterocycles. The Labute approximate surface area is 160 Å². The highest BCUT2D eigenvalue weighted by Gasteiger charge is 2.23. The number of nitrogens with zero attached hydrogens (tertiary/aromatic N) is 4. The molecule has 1 atom stereocenters. The van der Waals surface area contributed by atoms with E-state index in [1.807, 2.05) is 18.2 Å². The van der Waals surface area contributed by atoms with E-state index in [-0.39, 0.29) is 11.9 Å². The first-order valence-corrected chi connectivity index (χ1v) is 10.4. The fraction of sp³-hybridized carbons (Fsp3) is 0.333. The van der Waals surface area contributed by atoms with E-state index in [4.69, 9.17) is 4.98 Å². The number of thioether (sulfide) groups is 1. The lowest BCUT2D eigenvalue weighted by Gasteiger charge is -2.32. The predicted octanol–water partition coefficient (Wildman–Crippen LogP) is 2.96. The van der Waals surface area contributed by atoms with Crippen molar-refractivity contribution in [2.24, 2.45) is 0 Å². The van der Waals surface area contributed by atoms with Crippen LogP contribution in [0.2, 0.25) is 0 Å². The van der Waals surface area contributed by atoms with Gasteiger partial charge in [0.05, 0.1) is 16.0 Å². The SMILES string of the molecule is O=C(CSc1ncccn1)N[C@H]1CCCN(c2nc3ccccc3s2)C1. The second-order valence-corrected chi connectivity index (χ2v) is 8.09. The van der Waals surface area contributed by atoms with Crippen molar-refractivity contribution in [1.82, 2.24) is 20.3 Å². The summed E-state index contributed by atoms with van der Waals surface area (Å²) in [6.07, 6.45) is 5.42. The number of anilines is 1. The maximum Gasteiger partial charge on any atom is 0.230 e. The number of carbonyl (C=O) groups is 1. The lowest BCUT2D eigenvalue weighted by Crippen LogP contribution is -2.48. The standard InChI is InChI=1S/C18H19N5OS2/c24-16(12-25-17-19-8-4-9-20-17)21-13-5-3-10-23(11-13)18-22-14-6-1-2-7-15(14)26-18/h1-2,4,6-9,13H,3,5,10-12H2,(H,21,24)/t13-/m0/s1. The lowest BCUT2D eigenvalue weighted by atomic mass is 10.1. The summed E-state index contributed by atoms with van der Waals surface area (Å²) in [7, 11) is 0. The van der Waals surface area contributed by atoms with Crippen LogP contribution < -0.4 is 10.2 Å². The number of hydrogen-bond acceptors (Lipinski definition) is 7. The van der Waals surface area contributed by atoms with Gasteiger partial charge in [-0.3, -0.25) is 4.79 Å². The van der Waals surface area contributed by atoms with E-state index in [2.05, 4.69) is 26.3 Å². The Morgan fingerprint density at radius 3 is 2.96 bits per heavy atom. The van der Waals surface area contributed by atoms with E-state index in [1.165, 1.54) is 16.5 Å². The molecule has 1 saturated heterocycles. The van der Waals surface area contributed by atoms with Gasteiger partial charge in [0.15, 0.2) is 10.3 Å². The van der Waals surface area contributed by atoms with Gasteiger partial charge in [0.1, 0.15) is 0 Å². The van der Waals surface area contributed by atoms with Crippen LogP contribution in [0.25, 0.3) is 10.2 Å². The quantitative estimate of drug-likeness (QED) is 0.538. The first-order valence-electron chi connectivity index (χ1n) is 8.57. The van der Waals surface area contributed by atoms with Crippen molar-refractivity contribution in [3.63, 3.8) is 0 Å². The van der Waals surface area contributed by atoms with Crippen LogP contribution in [0.4, 0.5) is 5.13 Å². The fourth-order valence-corrected chi connectivity index (χ4v) is 4.64. The third-order valence-corrected chi connectivity index (χ3v) is 6.19. The van der Waals surface area contributed by atoms with Gasteiger partial charge < -0.3 is 10.2 Å². The largest absolute Gasteiger partial charge is 0.351 e. The number of hydrogen-bond donors (Lipinski definition) is 1. The summed E-state index contributed by atoms with van der Waals surface area (Å²) in [5.41, 5.74) is 1.04. The molecule has 1 N–H and O–H groups in total. The first kappa shape index (κ1) is 17.2. The molecule has 1 amide bonds. The number of carbonyl (C=O) groups excluding carboxylic acids is 1. The van der Waals surface area contributed by atoms with Gasteiger partial charge in [0.25, 0.3) is 0 Å². The van der Waals surface area contributed by atoms with E-state index < -0.39 is 0 Å². The minimum Gasteiger partial charge on any atom is -0.351 e. The first-order chi connectivity index (χ1) is 12.8. The maximum absolute atomic E-state index is 12.2. The molecular weight excluding hydrogens is 366 g/mol. The number of piperidine rings is 1. The van der Waals surface area contributed by atoms with Crippen molar-refractivity contribution in [3.05, 3.63) is 42.7 Å². The topological polar surface area (TPSA) is 71.0 Å². The summed E-state index contributed by atoms with van der Waals surface area (Å²) in [6, 6.07) is 10.1. The normalized spacial score (nSPS) is 17.4. The van der Waals surface area contributed by atoms with Crippen LogP contribution in [0.5, 0.6) is 0 Å². The second-order valence-electron chi connectivity index (χ2n) is 6.14. The summed E-state index contributed by atoms with van der Waals surface area (Å²) >= 11 is 3.07. The molecule has 2 aromatic heterocycles. The number of aromatic nitrogens is 3. The average Bonchev–Trinajstić information content (AvgIpc) is 3.12. The smallest absolute Gasteiger partial charge is 0.230 e. The molecule has 0 radical (unpaired) electrons. The number of nitrogens with one attached hydrogen (secondary N) is 1. The Hall–Kier alpha value is -2.19. The third-order valence-electron chi connectivity index (χ3n) is 4.21. The van der Waals surface area contributed by atoms with Crippen molar-refractivity contribution in [2.75, 3.05) is 23.7 Å². The van der Waals surface area contributed by atoms with E-state index in [0.29, 0.717) is 10.9 Å². The van der Waals surface area contributed by atoms with Crippen LogP contribution in [0.15, 0.2) is 47.9 Å². The average molecular weight is 386 g/mol. The van der Waals surface area contributed by atoms with Gasteiger partial charge in [-0.25, -0.2) is 15.0 Å². The maximum atomic E-state index is 12.2. The Balaban J connectivity index is 1.33. The molecule has 1 fully saturated rings. The molecule has 0 spiro atoms. The molecule has 3 heterocycles. The van der Waals surface area contributed by atoms with Crippen LogP contribution in [-0.4, -0.2) is 45.7 Å². The molecule has 0 aliphatic carbocycles. The van der Waals surface area contributed by atoms with E-state index in [9.17, 15) is 4.79 Å². The van der Waals surface area contributed by atoms with E-state index >= 15 is 0 Å². The molecule has 6 nitrogen and oxygen atoms in total. The molecule has 3 aromatic rings. The van der Waals surface area contributed by atoms with Crippen LogP contribution in [0.3, 0.4) is 0 Å². The van der Waals surface area contributed by atoms with Crippen molar-refractivity contribution >= 4 is 44.4 Å². The number of para-hydroxylation sites is 1. The summed E-state index contributed by atoms with van der Waals surface area (Å²) in [4.78, 5) is 27.5. The van der Waals surface area contributed by atoms with Gasteiger partial charge in [0, 0.05) is 31.5 Å². The summed E-state index contributed by atoms with van der Waals surface area (Å²) in [6.45, 7) is 1.79. The number of fused-ring (bicyclic) bond motifs is 1. The van der Waals surface area contributed by atoms with Gasteiger partial charge >= 0.3 is 0 Å². The third kappa shape index (κ3) is 4.13. The fourth-order valence-electron chi connectivity index (χ4n) is 3.02. The summed E-state index contributed by atoms with van der Waals surface area (Å²) < 4.78 is 1.20. The zero-order chi connectivity index (χ0) is 17.8. The molecule has 8 heteroatoms. The van der Waals surface area contributed by atoms with Crippen molar-refractivity contribution in [3.8, 4) is 0 Å². The molecule has 0 saturated carbocycles. The molecule has 26 heavy (non-hydrogen) atoms. The van der Waals surface area contributed by atoms with Gasteiger partial charge in [-0.05, 0) is 31.0 Å². The van der Waals surface area contributed by atoms with Crippen molar-refractivity contribution in [1.29, 1.82) is 0 Å². The zero-order valence-electron chi connectivity index (χ0n) is 14.2. The molecule has 0 bridgehead atoms. The Kier molecular flexibility index (Phi) is 5.31. The Morgan fingerprint density at radius 2 is 2.12 bits per heavy atom. The van der Waals surface area contributed by atoms with Gasteiger partial charge in [-0.15, -0.1) is 0 Å². The number of amides is 1. The Bertz CT molecular complexity index is 852. The van der Waals surface area contributed by atoms with Gasteiger partial charge in [0.2, 0.25) is 5.91 Å². The van der Waals surface area contributed by atoms with Gasteiger partial charge in [-0.2, -0.15) is 0 Å². The zero-order valence-corrected chi connectivity index (χ0v) is 15.8. The Morgan fingerprint density at radius 1 is 1.27 bits per heavy atom. The monoisotopic (exact) mass is 385 g/mol. The molecule has 1 aromatic carbocycles. The second kappa shape index (κ2) is 8.01. The highest BCUT2D eigenvalue weighted by Crippen LogP contribution is 2.30. The van der Waals surface area contributed by atoms with Crippen LogP contribution in [-0.2, 0) is 4.79 Å².